The number of fused-ring (bicyclic) bond motifs is 3. The number of halogens is 1. The number of rotatable bonds is 8. The van der Waals surface area contributed by atoms with E-state index in [1.807, 2.05) is 18.4 Å². The van der Waals surface area contributed by atoms with E-state index in [4.69, 9.17) is 9.51 Å². The molecule has 0 spiro atoms. The fourth-order valence-electron chi connectivity index (χ4n) is 5.24. The molecule has 5 rings (SSSR count). The highest BCUT2D eigenvalue weighted by Gasteiger charge is 2.34. The average molecular weight is 540 g/mol. The molecule has 0 aliphatic heterocycles. The Kier molecular flexibility index (Phi) is 7.33. The number of hydrogen-bond donors (Lipinski definition) is 0. The van der Waals surface area contributed by atoms with Crippen molar-refractivity contribution < 1.29 is 8.91 Å². The van der Waals surface area contributed by atoms with Crippen molar-refractivity contribution in [3.05, 3.63) is 73.5 Å². The van der Waals surface area contributed by atoms with Gasteiger partial charge in [0.15, 0.2) is 5.16 Å². The molecule has 4 aromatic rings. The second kappa shape index (κ2) is 10.4. The summed E-state index contributed by atoms with van der Waals surface area (Å²) < 4.78 is 20.6. The lowest BCUT2D eigenvalue weighted by molar-refractivity contribution is 0.184. The van der Waals surface area contributed by atoms with E-state index in [0.29, 0.717) is 29.8 Å². The molecule has 3 heterocycles. The number of aryl methyl sites for hydroxylation is 4. The molecular formula is C29H34FN3O2S2. The fourth-order valence-corrected chi connectivity index (χ4v) is 7.76. The molecule has 8 heteroatoms. The van der Waals surface area contributed by atoms with Crippen molar-refractivity contribution in [2.45, 2.75) is 84.2 Å². The summed E-state index contributed by atoms with van der Waals surface area (Å²) in [5.74, 6) is 1.79. The molecule has 1 aliphatic carbocycles. The lowest BCUT2D eigenvalue weighted by Crippen LogP contribution is -2.29. The van der Waals surface area contributed by atoms with Crippen LogP contribution in [0.4, 0.5) is 4.39 Å². The average Bonchev–Trinajstić information content (AvgIpc) is 3.41. The maximum Gasteiger partial charge on any atom is 0.263 e. The van der Waals surface area contributed by atoms with Gasteiger partial charge >= 0.3 is 0 Å². The standard InChI is InChI=1S/C29H34FN3O2S2/c1-6-29(4,5)20-9-12-22-24(15-20)37-26-25(22)27(34)33(14-13-19-7-10-21(30)11-8-19)28(31-26)36-16-23-17(2)32-35-18(23)3/h7-8,10-11,20H,6,9,12-16H2,1-5H3/t20-/m1/s1. The van der Waals surface area contributed by atoms with Crippen LogP contribution >= 0.6 is 23.1 Å². The minimum atomic E-state index is -0.255. The molecule has 37 heavy (non-hydrogen) atoms. The van der Waals surface area contributed by atoms with Gasteiger partial charge in [-0.15, -0.1) is 11.3 Å². The molecule has 5 nitrogen and oxygen atoms in total. The van der Waals surface area contributed by atoms with Crippen molar-refractivity contribution in [2.75, 3.05) is 0 Å². The first-order chi connectivity index (χ1) is 17.7. The first kappa shape index (κ1) is 26.2. The molecular weight excluding hydrogens is 505 g/mol. The zero-order chi connectivity index (χ0) is 26.3. The Balaban J connectivity index is 1.53. The summed E-state index contributed by atoms with van der Waals surface area (Å²) in [6.45, 7) is 11.3. The molecule has 0 bridgehead atoms. The van der Waals surface area contributed by atoms with E-state index in [1.54, 1.807) is 35.2 Å². The highest BCUT2D eigenvalue weighted by molar-refractivity contribution is 7.98. The molecule has 1 aromatic carbocycles. The van der Waals surface area contributed by atoms with Gasteiger partial charge in [-0.3, -0.25) is 9.36 Å². The van der Waals surface area contributed by atoms with Crippen LogP contribution in [0.3, 0.4) is 0 Å². The van der Waals surface area contributed by atoms with Crippen LogP contribution in [0.2, 0.25) is 0 Å². The molecule has 0 fully saturated rings. The van der Waals surface area contributed by atoms with Crippen molar-refractivity contribution in [1.82, 2.24) is 14.7 Å². The van der Waals surface area contributed by atoms with Gasteiger partial charge in [-0.1, -0.05) is 56.2 Å². The Bertz CT molecular complexity index is 1460. The molecule has 0 N–H and O–H groups in total. The van der Waals surface area contributed by atoms with Gasteiger partial charge in [-0.2, -0.15) is 0 Å². The van der Waals surface area contributed by atoms with Crippen molar-refractivity contribution in [3.63, 3.8) is 0 Å². The van der Waals surface area contributed by atoms with Gasteiger partial charge in [-0.05, 0) is 74.1 Å². The molecule has 196 valence electrons. The van der Waals surface area contributed by atoms with Crippen LogP contribution in [-0.2, 0) is 31.6 Å². The number of thiophene rings is 1. The summed E-state index contributed by atoms with van der Waals surface area (Å²) in [6, 6.07) is 6.50. The summed E-state index contributed by atoms with van der Waals surface area (Å²) in [6.07, 6.45) is 4.84. The topological polar surface area (TPSA) is 60.9 Å². The van der Waals surface area contributed by atoms with Crippen LogP contribution in [0.5, 0.6) is 0 Å². The van der Waals surface area contributed by atoms with Crippen LogP contribution in [-0.4, -0.2) is 14.7 Å². The summed E-state index contributed by atoms with van der Waals surface area (Å²) in [5, 5.41) is 5.58. The Morgan fingerprint density at radius 1 is 1.24 bits per heavy atom. The molecule has 1 atom stereocenters. The minimum absolute atomic E-state index is 0.0408. The van der Waals surface area contributed by atoms with Crippen molar-refractivity contribution in [3.8, 4) is 0 Å². The monoisotopic (exact) mass is 539 g/mol. The quantitative estimate of drug-likeness (QED) is 0.174. The van der Waals surface area contributed by atoms with E-state index in [1.165, 1.54) is 22.6 Å². The van der Waals surface area contributed by atoms with Gasteiger partial charge in [0.1, 0.15) is 16.4 Å². The van der Waals surface area contributed by atoms with E-state index in [-0.39, 0.29) is 16.8 Å². The summed E-state index contributed by atoms with van der Waals surface area (Å²) in [7, 11) is 0. The van der Waals surface area contributed by atoms with Gasteiger partial charge in [0.25, 0.3) is 5.56 Å². The predicted molar refractivity (Wildman–Crippen MR) is 149 cm³/mol. The van der Waals surface area contributed by atoms with Crippen LogP contribution in [0, 0.1) is 31.0 Å². The van der Waals surface area contributed by atoms with Gasteiger partial charge in [-0.25, -0.2) is 9.37 Å². The Morgan fingerprint density at radius 3 is 2.68 bits per heavy atom. The Morgan fingerprint density at radius 2 is 2.00 bits per heavy atom. The molecule has 0 unspecified atom stereocenters. The van der Waals surface area contributed by atoms with Gasteiger partial charge < -0.3 is 4.52 Å². The first-order valence-electron chi connectivity index (χ1n) is 13.0. The summed E-state index contributed by atoms with van der Waals surface area (Å²) in [5.41, 5.74) is 4.43. The zero-order valence-electron chi connectivity index (χ0n) is 22.2. The molecule has 0 amide bonds. The van der Waals surface area contributed by atoms with E-state index in [2.05, 4.69) is 25.9 Å². The van der Waals surface area contributed by atoms with E-state index in [0.717, 1.165) is 58.5 Å². The normalized spacial score (nSPS) is 15.9. The van der Waals surface area contributed by atoms with E-state index < -0.39 is 0 Å². The maximum atomic E-state index is 14.0. The molecule has 1 aliphatic rings. The zero-order valence-corrected chi connectivity index (χ0v) is 23.8. The lowest BCUT2D eigenvalue weighted by Gasteiger charge is -2.36. The third-order valence-electron chi connectivity index (χ3n) is 8.21. The Hall–Kier alpha value is -2.45. The number of thioether (sulfide) groups is 1. The fraction of sp³-hybridized carbons (Fsp3) is 0.483. The second-order valence-corrected chi connectivity index (χ2v) is 12.8. The van der Waals surface area contributed by atoms with Crippen LogP contribution in [0.1, 0.15) is 66.6 Å². The predicted octanol–water partition coefficient (Wildman–Crippen LogP) is 7.28. The summed E-state index contributed by atoms with van der Waals surface area (Å²) in [4.78, 5) is 21.3. The van der Waals surface area contributed by atoms with Crippen molar-refractivity contribution >= 4 is 33.3 Å². The van der Waals surface area contributed by atoms with E-state index >= 15 is 0 Å². The van der Waals surface area contributed by atoms with Crippen LogP contribution < -0.4 is 5.56 Å². The van der Waals surface area contributed by atoms with Crippen LogP contribution in [0.25, 0.3) is 10.2 Å². The highest BCUT2D eigenvalue weighted by atomic mass is 32.2. The Labute approximate surface area is 225 Å². The second-order valence-electron chi connectivity index (χ2n) is 10.8. The third kappa shape index (κ3) is 5.15. The van der Waals surface area contributed by atoms with Crippen molar-refractivity contribution in [1.29, 1.82) is 0 Å². The van der Waals surface area contributed by atoms with Crippen molar-refractivity contribution in [2.24, 2.45) is 11.3 Å². The SMILES string of the molecule is CCC(C)(C)[C@@H]1CCc2c(sc3nc(SCc4c(C)noc4C)n(CCc4ccc(F)cc4)c(=O)c23)C1. The number of benzene rings is 1. The molecule has 0 saturated carbocycles. The van der Waals surface area contributed by atoms with Gasteiger partial charge in [0.2, 0.25) is 0 Å². The molecule has 0 radical (unpaired) electrons. The van der Waals surface area contributed by atoms with Crippen LogP contribution in [0.15, 0.2) is 38.7 Å². The number of hydrogen-bond acceptors (Lipinski definition) is 6. The minimum Gasteiger partial charge on any atom is -0.361 e. The summed E-state index contributed by atoms with van der Waals surface area (Å²) >= 11 is 3.26. The highest BCUT2D eigenvalue weighted by Crippen LogP contribution is 2.44. The smallest absolute Gasteiger partial charge is 0.263 e. The number of aromatic nitrogens is 3. The molecule has 0 saturated heterocycles. The lowest BCUT2D eigenvalue weighted by atomic mass is 9.70. The largest absolute Gasteiger partial charge is 0.361 e. The van der Waals surface area contributed by atoms with E-state index in [9.17, 15) is 9.18 Å². The molecule has 3 aromatic heterocycles. The third-order valence-corrected chi connectivity index (χ3v) is 10.4. The maximum absolute atomic E-state index is 14.0. The first-order valence-corrected chi connectivity index (χ1v) is 14.8. The van der Waals surface area contributed by atoms with Gasteiger partial charge in [0, 0.05) is 22.7 Å². The number of nitrogens with zero attached hydrogens (tertiary/aromatic N) is 3. The van der Waals surface area contributed by atoms with Gasteiger partial charge in [0.05, 0.1) is 11.1 Å².